The number of para-hydroxylation sites is 2. The molecule has 0 N–H and O–H groups in total. The predicted octanol–water partition coefficient (Wildman–Crippen LogP) is 4.61. The number of hydrogen-bond acceptors (Lipinski definition) is 9. The highest BCUT2D eigenvalue weighted by Crippen LogP contribution is 2.16. The normalized spacial score (nSPS) is 10.4. The summed E-state index contributed by atoms with van der Waals surface area (Å²) in [5.74, 6) is -0.274. The predicted molar refractivity (Wildman–Crippen MR) is 125 cm³/mol. The number of benzene rings is 2. The molecule has 0 fully saturated rings. The smallest absolute Gasteiger partial charge is 0.374 e. The first-order valence-corrected chi connectivity index (χ1v) is 11.0. The highest BCUT2D eigenvalue weighted by Gasteiger charge is 2.18. The average molecular weight is 490 g/mol. The van der Waals surface area contributed by atoms with Gasteiger partial charge in [-0.3, -0.25) is 4.79 Å². The van der Waals surface area contributed by atoms with Crippen LogP contribution in [0.3, 0.4) is 0 Å². The minimum Gasteiger partial charge on any atom is -0.486 e. The van der Waals surface area contributed by atoms with Crippen molar-refractivity contribution in [2.75, 3.05) is 13.2 Å². The molecule has 0 saturated heterocycles. The third kappa shape index (κ3) is 7.10. The Hall–Kier alpha value is -4.79. The second kappa shape index (κ2) is 12.1. The quantitative estimate of drug-likeness (QED) is 0.263. The van der Waals surface area contributed by atoms with E-state index in [1.807, 2.05) is 36.4 Å². The second-order valence-corrected chi connectivity index (χ2v) is 7.43. The van der Waals surface area contributed by atoms with Crippen molar-refractivity contribution in [3.63, 3.8) is 0 Å². The molecule has 0 spiro atoms. The van der Waals surface area contributed by atoms with E-state index in [-0.39, 0.29) is 24.7 Å². The molecule has 0 atom stereocenters. The Bertz CT molecular complexity index is 1190. The summed E-state index contributed by atoms with van der Waals surface area (Å²) in [6, 6.07) is 24.2. The molecule has 2 heterocycles. The van der Waals surface area contributed by atoms with Crippen molar-refractivity contribution in [3.05, 3.63) is 108 Å². The summed E-state index contributed by atoms with van der Waals surface area (Å²) < 4.78 is 31.7. The molecule has 2 aromatic heterocycles. The summed E-state index contributed by atoms with van der Waals surface area (Å²) in [5, 5.41) is 0. The van der Waals surface area contributed by atoms with Crippen LogP contribution in [0.1, 0.15) is 32.6 Å². The van der Waals surface area contributed by atoms with Crippen LogP contribution in [0.4, 0.5) is 0 Å². The number of esters is 2. The average Bonchev–Trinajstić information content (AvgIpc) is 3.59. The first-order chi connectivity index (χ1) is 17.6. The van der Waals surface area contributed by atoms with Crippen LogP contribution >= 0.6 is 0 Å². The first kappa shape index (κ1) is 24.3. The largest absolute Gasteiger partial charge is 0.486 e. The fourth-order valence-electron chi connectivity index (χ4n) is 2.95. The Kier molecular flexibility index (Phi) is 8.16. The van der Waals surface area contributed by atoms with Gasteiger partial charge in [0.1, 0.15) is 36.2 Å². The molecule has 36 heavy (non-hydrogen) atoms. The van der Waals surface area contributed by atoms with Gasteiger partial charge in [-0.1, -0.05) is 36.4 Å². The lowest BCUT2D eigenvalue weighted by atomic mass is 10.3. The van der Waals surface area contributed by atoms with Gasteiger partial charge in [0.15, 0.2) is 13.2 Å². The van der Waals surface area contributed by atoms with Crippen molar-refractivity contribution in [3.8, 4) is 11.5 Å². The van der Waals surface area contributed by atoms with E-state index in [2.05, 4.69) is 0 Å². The van der Waals surface area contributed by atoms with Gasteiger partial charge in [-0.2, -0.15) is 0 Å². The molecule has 4 aromatic rings. The Balaban J connectivity index is 1.16. The van der Waals surface area contributed by atoms with Crippen LogP contribution in [0.15, 0.2) is 93.8 Å². The number of hydrogen-bond donors (Lipinski definition) is 0. The highest BCUT2D eigenvalue weighted by molar-refractivity contribution is 5.91. The van der Waals surface area contributed by atoms with Gasteiger partial charge in [0.2, 0.25) is 17.3 Å². The number of ketones is 1. The van der Waals surface area contributed by atoms with E-state index in [1.165, 1.54) is 12.1 Å². The number of carbonyl (C=O) groups excluding carboxylic acids is 3. The minimum absolute atomic E-state index is 0.0766. The maximum Gasteiger partial charge on any atom is 0.374 e. The zero-order valence-corrected chi connectivity index (χ0v) is 19.1. The van der Waals surface area contributed by atoms with Gasteiger partial charge in [-0.15, -0.1) is 0 Å². The number of furan rings is 2. The van der Waals surface area contributed by atoms with E-state index in [4.69, 9.17) is 27.8 Å². The monoisotopic (exact) mass is 490 g/mol. The molecule has 0 bridgehead atoms. The van der Waals surface area contributed by atoms with E-state index in [9.17, 15) is 14.4 Å². The number of rotatable bonds is 12. The van der Waals surface area contributed by atoms with Crippen LogP contribution in [0.5, 0.6) is 11.5 Å². The summed E-state index contributed by atoms with van der Waals surface area (Å²) in [5.41, 5.74) is 0. The Morgan fingerprint density at radius 1 is 0.556 bits per heavy atom. The molecular weight excluding hydrogens is 468 g/mol. The zero-order chi connectivity index (χ0) is 25.2. The van der Waals surface area contributed by atoms with Crippen LogP contribution < -0.4 is 9.47 Å². The molecule has 0 saturated carbocycles. The van der Waals surface area contributed by atoms with Crippen LogP contribution in [-0.4, -0.2) is 30.9 Å². The van der Waals surface area contributed by atoms with Crippen LogP contribution in [0.25, 0.3) is 0 Å². The first-order valence-electron chi connectivity index (χ1n) is 11.0. The van der Waals surface area contributed by atoms with E-state index in [1.54, 1.807) is 36.4 Å². The van der Waals surface area contributed by atoms with E-state index in [0.717, 1.165) is 0 Å². The Morgan fingerprint density at radius 3 is 1.39 bits per heavy atom. The van der Waals surface area contributed by atoms with E-state index >= 15 is 0 Å². The third-order valence-corrected chi connectivity index (χ3v) is 4.70. The molecule has 0 aliphatic heterocycles. The van der Waals surface area contributed by atoms with Gasteiger partial charge in [-0.05, 0) is 48.5 Å². The molecule has 9 nitrogen and oxygen atoms in total. The van der Waals surface area contributed by atoms with E-state index in [0.29, 0.717) is 23.0 Å². The Morgan fingerprint density at radius 2 is 0.972 bits per heavy atom. The maximum absolute atomic E-state index is 12.1. The van der Waals surface area contributed by atoms with Crippen molar-refractivity contribution in [1.82, 2.24) is 0 Å². The molecule has 184 valence electrons. The lowest BCUT2D eigenvalue weighted by Gasteiger charge is -2.05. The van der Waals surface area contributed by atoms with Gasteiger partial charge in [0.25, 0.3) is 0 Å². The van der Waals surface area contributed by atoms with E-state index < -0.39 is 30.9 Å². The van der Waals surface area contributed by atoms with Crippen molar-refractivity contribution < 1.29 is 42.2 Å². The molecule has 9 heteroatoms. The standard InChI is InChI=1S/C27H22O9/c28-19(15-33-26(29)24-13-11-22(35-24)17-31-20-7-3-1-4-8-20)16-34-27(30)25-14-12-23(36-25)18-32-21-9-5-2-6-10-21/h1-14H,15-18H2. The fraction of sp³-hybridized carbons (Fsp3) is 0.148. The maximum atomic E-state index is 12.1. The molecule has 4 rings (SSSR count). The van der Waals surface area contributed by atoms with Crippen LogP contribution in [0, 0.1) is 0 Å². The van der Waals surface area contributed by atoms with Crippen molar-refractivity contribution >= 4 is 17.7 Å². The fourth-order valence-corrected chi connectivity index (χ4v) is 2.95. The molecular formula is C27H22O9. The van der Waals surface area contributed by atoms with Crippen molar-refractivity contribution in [2.45, 2.75) is 13.2 Å². The number of carbonyl (C=O) groups is 3. The summed E-state index contributed by atoms with van der Waals surface area (Å²) in [7, 11) is 0. The van der Waals surface area contributed by atoms with Crippen molar-refractivity contribution in [1.29, 1.82) is 0 Å². The lowest BCUT2D eigenvalue weighted by Crippen LogP contribution is -2.20. The molecule has 0 aliphatic rings. The van der Waals surface area contributed by atoms with Gasteiger partial charge < -0.3 is 27.8 Å². The highest BCUT2D eigenvalue weighted by atomic mass is 16.6. The third-order valence-electron chi connectivity index (χ3n) is 4.70. The summed E-state index contributed by atoms with van der Waals surface area (Å²) in [4.78, 5) is 36.2. The molecule has 2 aromatic carbocycles. The van der Waals surface area contributed by atoms with Crippen LogP contribution in [0.2, 0.25) is 0 Å². The second-order valence-electron chi connectivity index (χ2n) is 7.43. The number of Topliss-reactive ketones (excluding diaryl/α,β-unsaturated/α-hetero) is 1. The van der Waals surface area contributed by atoms with Gasteiger partial charge in [0.05, 0.1) is 0 Å². The van der Waals surface area contributed by atoms with Gasteiger partial charge in [-0.25, -0.2) is 9.59 Å². The molecule has 0 aliphatic carbocycles. The number of ether oxygens (including phenoxy) is 4. The molecule has 0 amide bonds. The lowest BCUT2D eigenvalue weighted by molar-refractivity contribution is -0.125. The molecule has 0 radical (unpaired) electrons. The van der Waals surface area contributed by atoms with Crippen molar-refractivity contribution in [2.24, 2.45) is 0 Å². The minimum atomic E-state index is -0.824. The van der Waals surface area contributed by atoms with Gasteiger partial charge >= 0.3 is 11.9 Å². The Labute approximate surface area is 206 Å². The summed E-state index contributed by atoms with van der Waals surface area (Å²) in [6.07, 6.45) is 0. The SMILES string of the molecule is O=C(COC(=O)c1ccc(COc2ccccc2)o1)COC(=O)c1ccc(COc2ccccc2)o1. The summed E-state index contributed by atoms with van der Waals surface area (Å²) in [6.45, 7) is -0.925. The summed E-state index contributed by atoms with van der Waals surface area (Å²) >= 11 is 0. The zero-order valence-electron chi connectivity index (χ0n) is 19.1. The molecule has 0 unspecified atom stereocenters. The van der Waals surface area contributed by atoms with Crippen LogP contribution in [-0.2, 0) is 27.5 Å². The topological polar surface area (TPSA) is 114 Å². The van der Waals surface area contributed by atoms with Gasteiger partial charge in [0, 0.05) is 0 Å².